The summed E-state index contributed by atoms with van der Waals surface area (Å²) in [5.41, 5.74) is 2.39. The van der Waals surface area contributed by atoms with Gasteiger partial charge in [0, 0.05) is 48.8 Å². The van der Waals surface area contributed by atoms with E-state index in [0.29, 0.717) is 12.5 Å². The van der Waals surface area contributed by atoms with E-state index in [4.69, 9.17) is 9.47 Å². The van der Waals surface area contributed by atoms with E-state index in [0.717, 1.165) is 43.6 Å². The molecule has 4 rings (SSSR count). The number of benzene rings is 1. The number of aromatic nitrogens is 1. The van der Waals surface area contributed by atoms with Crippen LogP contribution in [0.2, 0.25) is 0 Å². The van der Waals surface area contributed by atoms with Crippen molar-refractivity contribution < 1.29 is 14.3 Å². The third kappa shape index (κ3) is 3.37. The first-order valence-corrected chi connectivity index (χ1v) is 9.02. The predicted octanol–water partition coefficient (Wildman–Crippen LogP) is 1.92. The number of amides is 1. The Balaban J connectivity index is 1.48. The van der Waals surface area contributed by atoms with E-state index in [9.17, 15) is 4.79 Å². The molecule has 134 valence electrons. The summed E-state index contributed by atoms with van der Waals surface area (Å²) in [7, 11) is 1.69. The fourth-order valence-corrected chi connectivity index (χ4v) is 3.95. The number of carbonyl (C=O) groups is 1. The Kier molecular flexibility index (Phi) is 4.63. The zero-order valence-electron chi connectivity index (χ0n) is 14.5. The van der Waals surface area contributed by atoms with Gasteiger partial charge in [-0.15, -0.1) is 0 Å². The third-order valence-corrected chi connectivity index (χ3v) is 5.28. The Morgan fingerprint density at radius 1 is 1.36 bits per heavy atom. The number of H-pyrrole nitrogens is 1. The number of carbonyl (C=O) groups excluding carboxylic acids is 1. The Morgan fingerprint density at radius 3 is 3.08 bits per heavy atom. The molecule has 0 bridgehead atoms. The summed E-state index contributed by atoms with van der Waals surface area (Å²) in [6.07, 6.45) is 4.55. The summed E-state index contributed by atoms with van der Waals surface area (Å²) in [6.45, 7) is 2.41. The minimum Gasteiger partial charge on any atom is -0.497 e. The van der Waals surface area contributed by atoms with E-state index in [-0.39, 0.29) is 18.1 Å². The number of methoxy groups -OCH3 is 1. The molecule has 3 N–H and O–H groups in total. The van der Waals surface area contributed by atoms with Gasteiger partial charge in [0.25, 0.3) is 0 Å². The van der Waals surface area contributed by atoms with Gasteiger partial charge in [0.15, 0.2) is 0 Å². The van der Waals surface area contributed by atoms with Crippen LogP contribution in [0.15, 0.2) is 24.4 Å². The number of ether oxygens (including phenoxy) is 2. The Labute approximate surface area is 147 Å². The second-order valence-electron chi connectivity index (χ2n) is 6.95. The highest BCUT2D eigenvalue weighted by atomic mass is 16.5. The number of hydrogen-bond donors (Lipinski definition) is 3. The fraction of sp³-hybridized carbons (Fsp3) is 0.526. The molecule has 1 aromatic heterocycles. The van der Waals surface area contributed by atoms with Gasteiger partial charge < -0.3 is 25.1 Å². The molecule has 3 atom stereocenters. The van der Waals surface area contributed by atoms with Crippen LogP contribution in [-0.4, -0.2) is 49.8 Å². The molecule has 6 heteroatoms. The van der Waals surface area contributed by atoms with E-state index in [1.54, 1.807) is 7.11 Å². The van der Waals surface area contributed by atoms with Crippen LogP contribution >= 0.6 is 0 Å². The number of fused-ring (bicyclic) bond motifs is 1. The average molecular weight is 343 g/mol. The van der Waals surface area contributed by atoms with Crippen molar-refractivity contribution >= 4 is 16.8 Å². The molecule has 2 saturated heterocycles. The average Bonchev–Trinajstić information content (AvgIpc) is 3.31. The molecule has 1 amide bonds. The van der Waals surface area contributed by atoms with Gasteiger partial charge in [0.1, 0.15) is 11.9 Å². The van der Waals surface area contributed by atoms with Crippen molar-refractivity contribution in [3.05, 3.63) is 30.0 Å². The Bertz CT molecular complexity index is 751. The summed E-state index contributed by atoms with van der Waals surface area (Å²) in [4.78, 5) is 15.7. The van der Waals surface area contributed by atoms with Crippen molar-refractivity contribution in [2.75, 3.05) is 26.8 Å². The van der Waals surface area contributed by atoms with Crippen LogP contribution < -0.4 is 15.4 Å². The number of rotatable bonds is 4. The van der Waals surface area contributed by atoms with E-state index in [1.807, 2.05) is 12.1 Å². The molecular formula is C19H25N3O3. The maximum Gasteiger partial charge on any atom is 0.249 e. The largest absolute Gasteiger partial charge is 0.497 e. The summed E-state index contributed by atoms with van der Waals surface area (Å²) in [5, 5.41) is 7.82. The highest BCUT2D eigenvalue weighted by Gasteiger charge is 2.29. The first-order chi connectivity index (χ1) is 12.2. The molecule has 6 nitrogen and oxygen atoms in total. The van der Waals surface area contributed by atoms with Crippen LogP contribution in [0.5, 0.6) is 5.75 Å². The van der Waals surface area contributed by atoms with Crippen molar-refractivity contribution in [1.82, 2.24) is 15.6 Å². The van der Waals surface area contributed by atoms with E-state index in [1.165, 1.54) is 10.9 Å². The second-order valence-corrected chi connectivity index (χ2v) is 6.95. The lowest BCUT2D eigenvalue weighted by molar-refractivity contribution is -0.130. The minimum absolute atomic E-state index is 0.0329. The molecule has 2 aromatic rings. The van der Waals surface area contributed by atoms with E-state index < -0.39 is 0 Å². The SMILES string of the molecule is COc1ccc2[nH]cc([C@H]3CNC[C@H](NC(=O)C4CCCO4)C3)c2c1. The number of nitrogens with one attached hydrogen (secondary N) is 3. The number of hydrogen-bond acceptors (Lipinski definition) is 4. The van der Waals surface area contributed by atoms with Crippen molar-refractivity contribution in [1.29, 1.82) is 0 Å². The van der Waals surface area contributed by atoms with Crippen LogP contribution in [-0.2, 0) is 9.53 Å². The van der Waals surface area contributed by atoms with Crippen LogP contribution in [0.25, 0.3) is 10.9 Å². The summed E-state index contributed by atoms with van der Waals surface area (Å²) in [6, 6.07) is 6.22. The summed E-state index contributed by atoms with van der Waals surface area (Å²) >= 11 is 0. The highest BCUT2D eigenvalue weighted by molar-refractivity contribution is 5.85. The number of aromatic amines is 1. The smallest absolute Gasteiger partial charge is 0.249 e. The summed E-state index contributed by atoms with van der Waals surface area (Å²) in [5.74, 6) is 1.25. The minimum atomic E-state index is -0.266. The topological polar surface area (TPSA) is 75.4 Å². The molecule has 2 aliphatic rings. The molecule has 2 fully saturated rings. The van der Waals surface area contributed by atoms with Gasteiger partial charge in [-0.3, -0.25) is 4.79 Å². The van der Waals surface area contributed by atoms with Gasteiger partial charge in [-0.25, -0.2) is 0 Å². The maximum absolute atomic E-state index is 12.3. The molecular weight excluding hydrogens is 318 g/mol. The molecule has 1 unspecified atom stereocenters. The molecule has 3 heterocycles. The second kappa shape index (κ2) is 7.06. The molecule has 1 aromatic carbocycles. The van der Waals surface area contributed by atoms with Crippen molar-refractivity contribution in [2.24, 2.45) is 0 Å². The summed E-state index contributed by atoms with van der Waals surface area (Å²) < 4.78 is 10.9. The standard InChI is InChI=1S/C19H25N3O3/c1-24-14-4-5-17-15(8-14)16(11-21-17)12-7-13(10-20-9-12)22-19(23)18-3-2-6-25-18/h4-5,8,11-13,18,20-21H,2-3,6-7,9-10H2,1H3,(H,22,23)/t12-,13-,18?/m1/s1. The van der Waals surface area contributed by atoms with Crippen LogP contribution in [0.4, 0.5) is 0 Å². The third-order valence-electron chi connectivity index (χ3n) is 5.28. The highest BCUT2D eigenvalue weighted by Crippen LogP contribution is 2.32. The van der Waals surface area contributed by atoms with Gasteiger partial charge in [0.05, 0.1) is 7.11 Å². The fourth-order valence-electron chi connectivity index (χ4n) is 3.95. The molecule has 2 aliphatic heterocycles. The first kappa shape index (κ1) is 16.4. The van der Waals surface area contributed by atoms with Crippen LogP contribution in [0, 0.1) is 0 Å². The zero-order chi connectivity index (χ0) is 17.2. The lowest BCUT2D eigenvalue weighted by atomic mass is 9.88. The Hall–Kier alpha value is -2.05. The van der Waals surface area contributed by atoms with E-state index >= 15 is 0 Å². The zero-order valence-corrected chi connectivity index (χ0v) is 14.5. The lowest BCUT2D eigenvalue weighted by Crippen LogP contribution is -2.50. The van der Waals surface area contributed by atoms with E-state index in [2.05, 4.69) is 27.9 Å². The van der Waals surface area contributed by atoms with Gasteiger partial charge >= 0.3 is 0 Å². The maximum atomic E-state index is 12.3. The molecule has 0 radical (unpaired) electrons. The van der Waals surface area contributed by atoms with Gasteiger partial charge in [-0.05, 0) is 43.0 Å². The van der Waals surface area contributed by atoms with Gasteiger partial charge in [-0.2, -0.15) is 0 Å². The number of piperidine rings is 1. The quantitative estimate of drug-likeness (QED) is 0.793. The van der Waals surface area contributed by atoms with Gasteiger partial charge in [0.2, 0.25) is 5.91 Å². The molecule has 0 saturated carbocycles. The molecule has 0 spiro atoms. The van der Waals surface area contributed by atoms with Gasteiger partial charge in [-0.1, -0.05) is 0 Å². The molecule has 0 aliphatic carbocycles. The van der Waals surface area contributed by atoms with Crippen molar-refractivity contribution in [3.8, 4) is 5.75 Å². The normalized spacial score (nSPS) is 26.7. The van der Waals surface area contributed by atoms with Crippen molar-refractivity contribution in [3.63, 3.8) is 0 Å². The predicted molar refractivity (Wildman–Crippen MR) is 96.0 cm³/mol. The van der Waals surface area contributed by atoms with Crippen molar-refractivity contribution in [2.45, 2.75) is 37.3 Å². The Morgan fingerprint density at radius 2 is 2.28 bits per heavy atom. The first-order valence-electron chi connectivity index (χ1n) is 9.02. The monoisotopic (exact) mass is 343 g/mol. The molecule has 25 heavy (non-hydrogen) atoms. The lowest BCUT2D eigenvalue weighted by Gasteiger charge is -2.31. The van der Waals surface area contributed by atoms with Crippen LogP contribution in [0.3, 0.4) is 0 Å². The van der Waals surface area contributed by atoms with Crippen LogP contribution in [0.1, 0.15) is 30.7 Å².